The normalized spacial score (nSPS) is 45.1. The minimum atomic E-state index is 0.205. The molecule has 4 saturated carbocycles. The van der Waals surface area contributed by atoms with E-state index in [1.54, 1.807) is 11.3 Å². The Labute approximate surface area is 107 Å². The van der Waals surface area contributed by atoms with Gasteiger partial charge in [0.2, 0.25) is 0 Å². The molecule has 4 aliphatic carbocycles. The van der Waals surface area contributed by atoms with E-state index in [4.69, 9.17) is 5.73 Å². The van der Waals surface area contributed by atoms with Crippen LogP contribution in [-0.4, -0.2) is 4.98 Å². The van der Waals surface area contributed by atoms with Crippen LogP contribution in [0.15, 0.2) is 11.6 Å². The maximum atomic E-state index is 6.59. The highest BCUT2D eigenvalue weighted by molar-refractivity contribution is 7.09. The fourth-order valence-corrected chi connectivity index (χ4v) is 5.99. The monoisotopic (exact) mass is 248 g/mol. The van der Waals surface area contributed by atoms with Gasteiger partial charge in [-0.25, -0.2) is 4.98 Å². The van der Waals surface area contributed by atoms with Crippen molar-refractivity contribution in [1.29, 1.82) is 0 Å². The first kappa shape index (κ1) is 10.5. The van der Waals surface area contributed by atoms with Gasteiger partial charge in [0.1, 0.15) is 5.01 Å². The summed E-state index contributed by atoms with van der Waals surface area (Å²) in [4.78, 5) is 4.47. The predicted octanol–water partition coefficient (Wildman–Crippen LogP) is 3.36. The Balaban J connectivity index is 1.68. The summed E-state index contributed by atoms with van der Waals surface area (Å²) in [5.41, 5.74) is 7.00. The van der Waals surface area contributed by atoms with E-state index in [-0.39, 0.29) is 6.04 Å². The molecule has 1 atom stereocenters. The smallest absolute Gasteiger partial charge is 0.110 e. The van der Waals surface area contributed by atoms with Crippen LogP contribution in [0.3, 0.4) is 0 Å². The fraction of sp³-hybridized carbons (Fsp3) is 0.786. The van der Waals surface area contributed by atoms with E-state index in [2.05, 4.69) is 10.4 Å². The molecule has 1 heterocycles. The first-order valence-electron chi connectivity index (χ1n) is 6.90. The first-order chi connectivity index (χ1) is 8.25. The van der Waals surface area contributed by atoms with Gasteiger partial charge in [-0.15, -0.1) is 11.3 Å². The van der Waals surface area contributed by atoms with Crippen LogP contribution in [0.1, 0.15) is 49.6 Å². The summed E-state index contributed by atoms with van der Waals surface area (Å²) in [6.07, 6.45) is 10.5. The van der Waals surface area contributed by atoms with E-state index in [9.17, 15) is 0 Å². The molecule has 1 aromatic heterocycles. The van der Waals surface area contributed by atoms with Gasteiger partial charge < -0.3 is 5.73 Å². The van der Waals surface area contributed by atoms with Crippen LogP contribution < -0.4 is 5.73 Å². The molecule has 1 aromatic rings. The van der Waals surface area contributed by atoms with Crippen LogP contribution in [0.2, 0.25) is 0 Å². The predicted molar refractivity (Wildman–Crippen MR) is 69.6 cm³/mol. The van der Waals surface area contributed by atoms with Crippen molar-refractivity contribution >= 4 is 11.3 Å². The van der Waals surface area contributed by atoms with Gasteiger partial charge in [-0.1, -0.05) is 0 Å². The molecular formula is C14H20N2S. The maximum Gasteiger partial charge on any atom is 0.110 e. The Kier molecular flexibility index (Phi) is 2.19. The zero-order chi connectivity index (χ0) is 11.5. The van der Waals surface area contributed by atoms with E-state index in [0.29, 0.717) is 5.41 Å². The zero-order valence-electron chi connectivity index (χ0n) is 10.1. The van der Waals surface area contributed by atoms with Crippen molar-refractivity contribution in [3.8, 4) is 0 Å². The van der Waals surface area contributed by atoms with E-state index < -0.39 is 0 Å². The molecule has 4 aliphatic rings. The van der Waals surface area contributed by atoms with E-state index in [1.165, 1.54) is 43.5 Å². The Hall–Kier alpha value is -0.410. The van der Waals surface area contributed by atoms with Gasteiger partial charge in [-0.3, -0.25) is 0 Å². The van der Waals surface area contributed by atoms with E-state index in [0.717, 1.165) is 17.8 Å². The largest absolute Gasteiger partial charge is 0.322 e. The summed E-state index contributed by atoms with van der Waals surface area (Å²) in [7, 11) is 0. The third kappa shape index (κ3) is 1.52. The highest BCUT2D eigenvalue weighted by Crippen LogP contribution is 2.63. The summed E-state index contributed by atoms with van der Waals surface area (Å²) in [6, 6.07) is 0.205. The molecule has 0 saturated heterocycles. The van der Waals surface area contributed by atoms with Crippen LogP contribution in [0.25, 0.3) is 0 Å². The number of nitrogens with zero attached hydrogens (tertiary/aromatic N) is 1. The molecule has 2 N–H and O–H groups in total. The second-order valence-corrected chi connectivity index (χ2v) is 7.55. The van der Waals surface area contributed by atoms with Crippen LogP contribution >= 0.6 is 11.3 Å². The number of nitrogens with two attached hydrogens (primary N) is 1. The Morgan fingerprint density at radius 2 is 1.76 bits per heavy atom. The Morgan fingerprint density at radius 1 is 1.18 bits per heavy atom. The summed E-state index contributed by atoms with van der Waals surface area (Å²) in [5, 5.41) is 3.24. The highest BCUT2D eigenvalue weighted by atomic mass is 32.1. The average Bonchev–Trinajstić information content (AvgIpc) is 2.79. The molecule has 4 fully saturated rings. The fourth-order valence-electron chi connectivity index (χ4n) is 5.21. The SMILES string of the molecule is NC(c1nccs1)C12CC3CC(CC(C3)C1)C2. The van der Waals surface area contributed by atoms with Gasteiger partial charge in [0.15, 0.2) is 0 Å². The lowest BCUT2D eigenvalue weighted by Gasteiger charge is -2.58. The van der Waals surface area contributed by atoms with Gasteiger partial charge in [0.05, 0.1) is 6.04 Å². The standard InChI is InChI=1S/C14H20N2S/c15-12(13-16-1-2-17-13)14-6-9-3-10(7-14)5-11(4-9)8-14/h1-2,9-12H,3-8,15H2. The highest BCUT2D eigenvalue weighted by Gasteiger charge is 2.54. The van der Waals surface area contributed by atoms with Gasteiger partial charge in [-0.05, 0) is 61.7 Å². The molecule has 92 valence electrons. The van der Waals surface area contributed by atoms with Crippen molar-refractivity contribution in [2.75, 3.05) is 0 Å². The van der Waals surface area contributed by atoms with Crippen LogP contribution in [0, 0.1) is 23.2 Å². The zero-order valence-corrected chi connectivity index (χ0v) is 11.0. The lowest BCUT2D eigenvalue weighted by atomic mass is 9.48. The molecule has 3 heteroatoms. The van der Waals surface area contributed by atoms with Crippen LogP contribution in [0.5, 0.6) is 0 Å². The summed E-state index contributed by atoms with van der Waals surface area (Å²) >= 11 is 1.74. The minimum absolute atomic E-state index is 0.205. The molecule has 1 unspecified atom stereocenters. The molecule has 0 aliphatic heterocycles. The third-order valence-electron chi connectivity index (χ3n) is 5.46. The molecule has 4 bridgehead atoms. The van der Waals surface area contributed by atoms with Crippen molar-refractivity contribution in [3.63, 3.8) is 0 Å². The van der Waals surface area contributed by atoms with Gasteiger partial charge in [-0.2, -0.15) is 0 Å². The molecule has 17 heavy (non-hydrogen) atoms. The van der Waals surface area contributed by atoms with Crippen molar-refractivity contribution in [2.45, 2.75) is 44.6 Å². The van der Waals surface area contributed by atoms with Crippen LogP contribution in [-0.2, 0) is 0 Å². The minimum Gasteiger partial charge on any atom is -0.322 e. The molecule has 0 amide bonds. The molecule has 5 rings (SSSR count). The molecule has 0 aromatic carbocycles. The maximum absolute atomic E-state index is 6.59. The number of aromatic nitrogens is 1. The number of rotatable bonds is 2. The quantitative estimate of drug-likeness (QED) is 0.871. The lowest BCUT2D eigenvalue weighted by molar-refractivity contribution is -0.0677. The number of hydrogen-bond acceptors (Lipinski definition) is 3. The number of thiazole rings is 1. The van der Waals surface area contributed by atoms with Crippen molar-refractivity contribution in [3.05, 3.63) is 16.6 Å². The van der Waals surface area contributed by atoms with E-state index >= 15 is 0 Å². The van der Waals surface area contributed by atoms with Gasteiger partial charge >= 0.3 is 0 Å². The second-order valence-electron chi connectivity index (χ2n) is 6.63. The molecule has 0 radical (unpaired) electrons. The van der Waals surface area contributed by atoms with Crippen LogP contribution in [0.4, 0.5) is 0 Å². The Bertz CT molecular complexity index is 377. The topological polar surface area (TPSA) is 38.9 Å². The van der Waals surface area contributed by atoms with Gasteiger partial charge in [0, 0.05) is 11.6 Å². The summed E-state index contributed by atoms with van der Waals surface area (Å²) in [6.45, 7) is 0. The molecule has 2 nitrogen and oxygen atoms in total. The van der Waals surface area contributed by atoms with Crippen molar-refractivity contribution < 1.29 is 0 Å². The first-order valence-corrected chi connectivity index (χ1v) is 7.78. The summed E-state index contributed by atoms with van der Waals surface area (Å²) < 4.78 is 0. The molecule has 0 spiro atoms. The van der Waals surface area contributed by atoms with Crippen molar-refractivity contribution in [2.24, 2.45) is 28.9 Å². The average molecular weight is 248 g/mol. The summed E-state index contributed by atoms with van der Waals surface area (Å²) in [5.74, 6) is 2.94. The Morgan fingerprint density at radius 3 is 2.24 bits per heavy atom. The molecular weight excluding hydrogens is 228 g/mol. The van der Waals surface area contributed by atoms with E-state index in [1.807, 2.05) is 6.20 Å². The van der Waals surface area contributed by atoms with Gasteiger partial charge in [0.25, 0.3) is 0 Å². The lowest BCUT2D eigenvalue weighted by Crippen LogP contribution is -2.50. The second kappa shape index (κ2) is 3.55. The number of hydrogen-bond donors (Lipinski definition) is 1. The van der Waals surface area contributed by atoms with Crippen molar-refractivity contribution in [1.82, 2.24) is 4.98 Å². The third-order valence-corrected chi connectivity index (χ3v) is 6.32.